The van der Waals surface area contributed by atoms with E-state index < -0.39 is 0 Å². The van der Waals surface area contributed by atoms with Crippen molar-refractivity contribution in [2.45, 2.75) is 0 Å². The molecule has 116 valence electrons. The fraction of sp³-hybridized carbons (Fsp3) is 0. The molecule has 2 N–H and O–H groups in total. The molecule has 3 aromatic heterocycles. The number of H-pyrrole nitrogens is 1. The Labute approximate surface area is 139 Å². The van der Waals surface area contributed by atoms with Crippen molar-refractivity contribution in [3.63, 3.8) is 0 Å². The van der Waals surface area contributed by atoms with Crippen molar-refractivity contribution in [2.75, 3.05) is 5.32 Å². The molecule has 4 aromatic rings. The van der Waals surface area contributed by atoms with E-state index in [0.29, 0.717) is 11.5 Å². The minimum absolute atomic E-state index is 0.229. The molecule has 0 saturated carbocycles. The third kappa shape index (κ3) is 2.62. The third-order valence-corrected chi connectivity index (χ3v) is 4.07. The highest BCUT2D eigenvalue weighted by Crippen LogP contribution is 2.29. The lowest BCUT2D eigenvalue weighted by atomic mass is 10.2. The number of aromatic nitrogens is 5. The van der Waals surface area contributed by atoms with E-state index in [9.17, 15) is 0 Å². The number of nitrogens with one attached hydrogen (secondary N) is 2. The first-order valence-electron chi connectivity index (χ1n) is 6.88. The Morgan fingerprint density at radius 3 is 3.08 bits per heavy atom. The molecule has 0 spiro atoms. The lowest BCUT2D eigenvalue weighted by Gasteiger charge is -2.00. The van der Waals surface area contributed by atoms with Gasteiger partial charge in [-0.1, -0.05) is 6.07 Å². The number of tetrazole rings is 1. The Morgan fingerprint density at radius 1 is 1.38 bits per heavy atom. The molecule has 9 heteroatoms. The van der Waals surface area contributed by atoms with Crippen molar-refractivity contribution in [3.8, 4) is 16.8 Å². The Balaban J connectivity index is 1.62. The van der Waals surface area contributed by atoms with Gasteiger partial charge in [-0.3, -0.25) is 0 Å². The number of thiophene rings is 1. The van der Waals surface area contributed by atoms with Crippen LogP contribution in [0.3, 0.4) is 0 Å². The second-order valence-electron chi connectivity index (χ2n) is 4.73. The highest BCUT2D eigenvalue weighted by Gasteiger charge is 2.10. The van der Waals surface area contributed by atoms with Gasteiger partial charge < -0.3 is 9.73 Å². The largest absolute Gasteiger partial charge is 0.435 e. The number of aromatic amines is 1. The third-order valence-electron chi connectivity index (χ3n) is 3.21. The van der Waals surface area contributed by atoms with Crippen molar-refractivity contribution < 1.29 is 4.42 Å². The summed E-state index contributed by atoms with van der Waals surface area (Å²) >= 11 is 1.57. The van der Waals surface area contributed by atoms with E-state index in [-0.39, 0.29) is 11.4 Å². The van der Waals surface area contributed by atoms with Crippen LogP contribution in [0.15, 0.2) is 46.3 Å². The topological polar surface area (TPSA) is 116 Å². The van der Waals surface area contributed by atoms with E-state index in [0.717, 1.165) is 16.1 Å². The molecule has 0 saturated heterocycles. The zero-order valence-electron chi connectivity index (χ0n) is 12.1. The second kappa shape index (κ2) is 5.94. The van der Waals surface area contributed by atoms with Gasteiger partial charge in [0, 0.05) is 11.9 Å². The number of oxazole rings is 1. The van der Waals surface area contributed by atoms with Crippen LogP contribution in [0, 0.1) is 11.3 Å². The fourth-order valence-electron chi connectivity index (χ4n) is 2.10. The summed E-state index contributed by atoms with van der Waals surface area (Å²) in [7, 11) is 0. The minimum Gasteiger partial charge on any atom is -0.435 e. The van der Waals surface area contributed by atoms with Crippen LogP contribution in [0.25, 0.3) is 27.4 Å². The van der Waals surface area contributed by atoms with E-state index in [4.69, 9.17) is 9.68 Å². The molecule has 0 aliphatic heterocycles. The zero-order valence-corrected chi connectivity index (χ0v) is 12.9. The average molecular weight is 335 g/mol. The first-order valence-corrected chi connectivity index (χ1v) is 7.76. The number of benzene rings is 1. The van der Waals surface area contributed by atoms with Gasteiger partial charge in [-0.2, -0.15) is 10.5 Å². The molecule has 0 radical (unpaired) electrons. The smallest absolute Gasteiger partial charge is 0.237 e. The normalized spacial score (nSPS) is 11.5. The number of allylic oxidation sites excluding steroid dienone is 1. The summed E-state index contributed by atoms with van der Waals surface area (Å²) in [5.41, 5.74) is 2.47. The number of anilines is 1. The van der Waals surface area contributed by atoms with E-state index >= 15 is 0 Å². The number of hydrogen-bond donors (Lipinski definition) is 2. The van der Waals surface area contributed by atoms with E-state index in [1.54, 1.807) is 11.3 Å². The van der Waals surface area contributed by atoms with Crippen LogP contribution >= 0.6 is 11.3 Å². The summed E-state index contributed by atoms with van der Waals surface area (Å²) in [5.74, 6) is 0.824. The predicted molar refractivity (Wildman–Crippen MR) is 88.7 cm³/mol. The maximum absolute atomic E-state index is 9.15. The molecule has 24 heavy (non-hydrogen) atoms. The van der Waals surface area contributed by atoms with Crippen molar-refractivity contribution in [3.05, 3.63) is 47.7 Å². The molecule has 0 amide bonds. The van der Waals surface area contributed by atoms with Gasteiger partial charge in [0.15, 0.2) is 5.58 Å². The first-order chi connectivity index (χ1) is 11.8. The van der Waals surface area contributed by atoms with Crippen molar-refractivity contribution in [1.82, 2.24) is 25.6 Å². The lowest BCUT2D eigenvalue weighted by Crippen LogP contribution is -1.92. The maximum Gasteiger partial charge on any atom is 0.237 e. The van der Waals surface area contributed by atoms with Crippen LogP contribution in [0.5, 0.6) is 0 Å². The predicted octanol–water partition coefficient (Wildman–Crippen LogP) is 3.05. The van der Waals surface area contributed by atoms with Crippen molar-refractivity contribution in [1.29, 1.82) is 5.26 Å². The molecule has 3 heterocycles. The molecular weight excluding hydrogens is 326 g/mol. The SMILES string of the molecule is N#CC(=CNc1ccc2oc(-c3cccs3)nc2c1)c1nn[nH]n1. The van der Waals surface area contributed by atoms with E-state index in [1.165, 1.54) is 6.20 Å². The zero-order chi connectivity index (χ0) is 16.4. The van der Waals surface area contributed by atoms with Gasteiger partial charge in [0.1, 0.15) is 17.2 Å². The Bertz CT molecular complexity index is 1040. The number of hydrogen-bond acceptors (Lipinski definition) is 8. The Kier molecular flexibility index (Phi) is 3.49. The van der Waals surface area contributed by atoms with Crippen LogP contribution in [0.1, 0.15) is 5.82 Å². The monoisotopic (exact) mass is 335 g/mol. The number of nitriles is 1. The summed E-state index contributed by atoms with van der Waals surface area (Å²) in [6.45, 7) is 0. The van der Waals surface area contributed by atoms with Crippen LogP contribution in [-0.4, -0.2) is 25.6 Å². The van der Waals surface area contributed by atoms with Gasteiger partial charge in [0.05, 0.1) is 4.88 Å². The highest BCUT2D eigenvalue weighted by molar-refractivity contribution is 7.13. The molecule has 0 bridgehead atoms. The van der Waals surface area contributed by atoms with Crippen molar-refractivity contribution >= 4 is 33.7 Å². The van der Waals surface area contributed by atoms with Gasteiger partial charge in [0.25, 0.3) is 0 Å². The average Bonchev–Trinajstić information content (AvgIpc) is 3.35. The fourth-order valence-corrected chi connectivity index (χ4v) is 2.75. The molecule has 0 atom stereocenters. The van der Waals surface area contributed by atoms with Crippen LogP contribution in [-0.2, 0) is 0 Å². The molecule has 1 aromatic carbocycles. The van der Waals surface area contributed by atoms with E-state index in [2.05, 4.69) is 30.9 Å². The van der Waals surface area contributed by atoms with Crippen LogP contribution in [0.4, 0.5) is 5.69 Å². The van der Waals surface area contributed by atoms with E-state index in [1.807, 2.05) is 41.8 Å². The maximum atomic E-state index is 9.15. The summed E-state index contributed by atoms with van der Waals surface area (Å²) in [4.78, 5) is 5.47. The number of fused-ring (bicyclic) bond motifs is 1. The van der Waals surface area contributed by atoms with Gasteiger partial charge in [-0.25, -0.2) is 4.98 Å². The summed E-state index contributed by atoms with van der Waals surface area (Å²) < 4.78 is 5.74. The minimum atomic E-state index is 0.229. The first kappa shape index (κ1) is 14.1. The summed E-state index contributed by atoms with van der Waals surface area (Å²) in [5, 5.41) is 27.5. The molecule has 0 aliphatic rings. The summed E-state index contributed by atoms with van der Waals surface area (Å²) in [6, 6.07) is 11.4. The highest BCUT2D eigenvalue weighted by atomic mass is 32.1. The summed E-state index contributed by atoms with van der Waals surface area (Å²) in [6.07, 6.45) is 1.52. The molecule has 4 rings (SSSR count). The van der Waals surface area contributed by atoms with Gasteiger partial charge in [-0.05, 0) is 34.9 Å². The second-order valence-corrected chi connectivity index (χ2v) is 5.68. The lowest BCUT2D eigenvalue weighted by molar-refractivity contribution is 0.621. The molecule has 0 aliphatic carbocycles. The molecule has 0 unspecified atom stereocenters. The standard InChI is InChI=1S/C15H9N7OS/c16-7-9(14-19-21-22-20-14)8-17-10-3-4-12-11(6-10)18-15(23-12)13-2-1-5-24-13/h1-6,8,17H,(H,19,20,21,22). The van der Waals surface area contributed by atoms with Gasteiger partial charge >= 0.3 is 0 Å². The molecular formula is C15H9N7OS. The Morgan fingerprint density at radius 2 is 2.33 bits per heavy atom. The van der Waals surface area contributed by atoms with Gasteiger partial charge in [0.2, 0.25) is 11.7 Å². The van der Waals surface area contributed by atoms with Gasteiger partial charge in [-0.15, -0.1) is 21.5 Å². The van der Waals surface area contributed by atoms with Crippen molar-refractivity contribution in [2.24, 2.45) is 0 Å². The molecule has 8 nitrogen and oxygen atoms in total. The number of rotatable bonds is 4. The number of nitrogens with zero attached hydrogens (tertiary/aromatic N) is 5. The quantitative estimate of drug-likeness (QED) is 0.550. The molecule has 0 fully saturated rings. The van der Waals surface area contributed by atoms with Crippen LogP contribution < -0.4 is 5.32 Å². The Hall–Kier alpha value is -3.51. The van der Waals surface area contributed by atoms with Crippen LogP contribution in [0.2, 0.25) is 0 Å².